The van der Waals surface area contributed by atoms with Crippen LogP contribution in [-0.4, -0.2) is 29.4 Å². The van der Waals surface area contributed by atoms with Crippen molar-refractivity contribution in [1.82, 2.24) is 0 Å². The predicted octanol–water partition coefficient (Wildman–Crippen LogP) is 3.27. The fourth-order valence-electron chi connectivity index (χ4n) is 2.92. The second kappa shape index (κ2) is 6.88. The molecule has 110 valence electrons. The van der Waals surface area contributed by atoms with Crippen LogP contribution in [-0.2, 0) is 0 Å². The van der Waals surface area contributed by atoms with Gasteiger partial charge in [0.05, 0.1) is 5.56 Å². The zero-order valence-electron chi connectivity index (χ0n) is 12.2. The minimum Gasteiger partial charge on any atom is -0.409 e. The van der Waals surface area contributed by atoms with Crippen molar-refractivity contribution in [3.8, 4) is 0 Å². The predicted molar refractivity (Wildman–Crippen MR) is 86.0 cm³/mol. The average Bonchev–Trinajstić information content (AvgIpc) is 2.95. The van der Waals surface area contributed by atoms with Crippen molar-refractivity contribution in [3.63, 3.8) is 0 Å². The van der Waals surface area contributed by atoms with Gasteiger partial charge in [0, 0.05) is 23.2 Å². The molecule has 2 rings (SSSR count). The number of thioether (sulfide) groups is 1. The zero-order valence-corrected chi connectivity index (χ0v) is 13.0. The maximum atomic E-state index is 9.11. The Morgan fingerprint density at radius 3 is 2.95 bits per heavy atom. The van der Waals surface area contributed by atoms with E-state index in [9.17, 15) is 0 Å². The molecule has 0 saturated carbocycles. The fraction of sp³-hybridized carbons (Fsp3) is 0.533. The normalized spacial score (nSPS) is 19.6. The quantitative estimate of drug-likeness (QED) is 0.287. The summed E-state index contributed by atoms with van der Waals surface area (Å²) in [5, 5.41) is 12.3. The molecule has 0 bridgehead atoms. The summed E-state index contributed by atoms with van der Waals surface area (Å²) in [6.45, 7) is 5.37. The molecule has 1 aliphatic rings. The Balaban J connectivity index is 2.48. The zero-order chi connectivity index (χ0) is 14.5. The first-order valence-corrected chi connectivity index (χ1v) is 8.21. The van der Waals surface area contributed by atoms with E-state index in [-0.39, 0.29) is 5.84 Å². The first-order chi connectivity index (χ1) is 9.72. The molecular formula is C15H23N3OS. The molecule has 1 unspecified atom stereocenters. The van der Waals surface area contributed by atoms with E-state index < -0.39 is 0 Å². The second-order valence-electron chi connectivity index (χ2n) is 4.97. The molecule has 0 amide bonds. The van der Waals surface area contributed by atoms with Crippen LogP contribution in [0.25, 0.3) is 0 Å². The van der Waals surface area contributed by atoms with Gasteiger partial charge in [-0.2, -0.15) is 0 Å². The van der Waals surface area contributed by atoms with E-state index in [2.05, 4.69) is 36.0 Å². The topological polar surface area (TPSA) is 61.8 Å². The van der Waals surface area contributed by atoms with Crippen molar-refractivity contribution in [2.75, 3.05) is 17.2 Å². The van der Waals surface area contributed by atoms with E-state index in [1.54, 1.807) is 11.8 Å². The van der Waals surface area contributed by atoms with Crippen LogP contribution in [0.3, 0.4) is 0 Å². The number of oxime groups is 1. The van der Waals surface area contributed by atoms with Gasteiger partial charge in [0.1, 0.15) is 0 Å². The number of nitrogens with zero attached hydrogens (tertiary/aromatic N) is 2. The number of amidine groups is 1. The molecule has 3 N–H and O–H groups in total. The lowest BCUT2D eigenvalue weighted by Gasteiger charge is -2.28. The molecule has 1 heterocycles. The highest BCUT2D eigenvalue weighted by Crippen LogP contribution is 2.35. The van der Waals surface area contributed by atoms with Crippen LogP contribution >= 0.6 is 11.8 Å². The van der Waals surface area contributed by atoms with Gasteiger partial charge in [0.15, 0.2) is 5.84 Å². The first-order valence-electron chi connectivity index (χ1n) is 7.23. The summed E-state index contributed by atoms with van der Waals surface area (Å²) in [7, 11) is 0. The smallest absolute Gasteiger partial charge is 0.173 e. The Hall–Kier alpha value is -1.36. The van der Waals surface area contributed by atoms with Crippen LogP contribution < -0.4 is 10.6 Å². The summed E-state index contributed by atoms with van der Waals surface area (Å²) in [5.41, 5.74) is 7.92. The van der Waals surface area contributed by atoms with E-state index in [4.69, 9.17) is 10.9 Å². The first kappa shape index (κ1) is 15.0. The van der Waals surface area contributed by atoms with Crippen molar-refractivity contribution in [1.29, 1.82) is 0 Å². The molecule has 0 radical (unpaired) electrons. The molecule has 0 spiro atoms. The number of anilines is 1. The highest BCUT2D eigenvalue weighted by atomic mass is 32.2. The van der Waals surface area contributed by atoms with E-state index in [1.165, 1.54) is 12.8 Å². The minimum atomic E-state index is 0.207. The molecule has 0 aliphatic carbocycles. The maximum absolute atomic E-state index is 9.11. The second-order valence-corrected chi connectivity index (χ2v) is 6.27. The molecule has 4 nitrogen and oxygen atoms in total. The van der Waals surface area contributed by atoms with Gasteiger partial charge in [-0.25, -0.2) is 0 Å². The molecular weight excluding hydrogens is 270 g/mol. The number of nitrogens with two attached hydrogens (primary N) is 1. The van der Waals surface area contributed by atoms with E-state index in [1.807, 2.05) is 6.07 Å². The Morgan fingerprint density at radius 1 is 1.50 bits per heavy atom. The van der Waals surface area contributed by atoms with Gasteiger partial charge in [-0.05, 0) is 37.1 Å². The largest absolute Gasteiger partial charge is 0.409 e. The number of benzene rings is 1. The molecule has 1 atom stereocenters. The van der Waals surface area contributed by atoms with Gasteiger partial charge in [0.2, 0.25) is 0 Å². The van der Waals surface area contributed by atoms with Crippen LogP contribution in [0.15, 0.2) is 28.3 Å². The van der Waals surface area contributed by atoms with Crippen LogP contribution in [0, 0.1) is 0 Å². The number of rotatable bonds is 5. The third-order valence-corrected chi connectivity index (χ3v) is 4.77. The Kier molecular flexibility index (Phi) is 5.17. The Bertz CT molecular complexity index is 490. The Labute approximate surface area is 125 Å². The molecule has 1 fully saturated rings. The van der Waals surface area contributed by atoms with Crippen molar-refractivity contribution < 1.29 is 5.21 Å². The molecule has 5 heteroatoms. The lowest BCUT2D eigenvalue weighted by molar-refractivity contribution is 0.318. The molecule has 0 aromatic heterocycles. The minimum absolute atomic E-state index is 0.207. The van der Waals surface area contributed by atoms with Gasteiger partial charge in [-0.15, -0.1) is 11.8 Å². The number of hydrogen-bond donors (Lipinski definition) is 2. The van der Waals surface area contributed by atoms with E-state index >= 15 is 0 Å². The monoisotopic (exact) mass is 293 g/mol. The Morgan fingerprint density at radius 2 is 2.30 bits per heavy atom. The standard InChI is InChI=1S/C15H23N3OS/c1-3-11-7-6-10-18(11)12-8-5-9-13(20-4-2)14(12)15(16)17-19/h5,8-9,11,19H,3-4,6-7,10H2,1-2H3,(H2,16,17). The van der Waals surface area contributed by atoms with Gasteiger partial charge in [0.25, 0.3) is 0 Å². The van der Waals surface area contributed by atoms with Crippen molar-refractivity contribution in [2.45, 2.75) is 44.0 Å². The molecule has 1 aromatic rings. The summed E-state index contributed by atoms with van der Waals surface area (Å²) in [5.74, 6) is 1.17. The average molecular weight is 293 g/mol. The summed E-state index contributed by atoms with van der Waals surface area (Å²) in [6, 6.07) is 6.75. The van der Waals surface area contributed by atoms with Gasteiger partial charge < -0.3 is 15.8 Å². The van der Waals surface area contributed by atoms with E-state index in [0.717, 1.165) is 34.9 Å². The van der Waals surface area contributed by atoms with E-state index in [0.29, 0.717) is 6.04 Å². The van der Waals surface area contributed by atoms with Crippen LogP contribution in [0.5, 0.6) is 0 Å². The highest BCUT2D eigenvalue weighted by molar-refractivity contribution is 7.99. The van der Waals surface area contributed by atoms with Crippen molar-refractivity contribution in [2.24, 2.45) is 10.9 Å². The van der Waals surface area contributed by atoms with Gasteiger partial charge >= 0.3 is 0 Å². The van der Waals surface area contributed by atoms with Crippen molar-refractivity contribution in [3.05, 3.63) is 23.8 Å². The molecule has 1 saturated heterocycles. The summed E-state index contributed by atoms with van der Waals surface area (Å²) < 4.78 is 0. The highest BCUT2D eigenvalue weighted by Gasteiger charge is 2.26. The maximum Gasteiger partial charge on any atom is 0.173 e. The fourth-order valence-corrected chi connectivity index (χ4v) is 3.76. The van der Waals surface area contributed by atoms with Crippen LogP contribution in [0.4, 0.5) is 5.69 Å². The molecule has 1 aromatic carbocycles. The lowest BCUT2D eigenvalue weighted by atomic mass is 10.1. The van der Waals surface area contributed by atoms with Gasteiger partial charge in [-0.1, -0.05) is 25.1 Å². The summed E-state index contributed by atoms with van der Waals surface area (Å²) in [6.07, 6.45) is 3.55. The SMILES string of the molecule is CCSc1cccc(N2CCCC2CC)c1/C(N)=N/O. The van der Waals surface area contributed by atoms with Gasteiger partial charge in [-0.3, -0.25) is 0 Å². The number of hydrogen-bond acceptors (Lipinski definition) is 4. The van der Waals surface area contributed by atoms with Crippen LogP contribution in [0.2, 0.25) is 0 Å². The summed E-state index contributed by atoms with van der Waals surface area (Å²) in [4.78, 5) is 3.50. The third kappa shape index (κ3) is 2.87. The van der Waals surface area contributed by atoms with Crippen LogP contribution in [0.1, 0.15) is 38.7 Å². The van der Waals surface area contributed by atoms with Crippen molar-refractivity contribution >= 4 is 23.3 Å². The lowest BCUT2D eigenvalue weighted by Crippen LogP contribution is -2.31. The molecule has 1 aliphatic heterocycles. The summed E-state index contributed by atoms with van der Waals surface area (Å²) >= 11 is 1.73. The third-order valence-electron chi connectivity index (χ3n) is 3.83. The molecule has 20 heavy (non-hydrogen) atoms.